The number of hydrogen-bond acceptors (Lipinski definition) is 2. The minimum Gasteiger partial charge on any atom is -0.356 e. The minimum atomic E-state index is -0.0504. The van der Waals surface area contributed by atoms with Crippen molar-refractivity contribution in [3.63, 3.8) is 0 Å². The van der Waals surface area contributed by atoms with Crippen molar-refractivity contribution in [1.82, 2.24) is 10.2 Å². The first-order valence-electron chi connectivity index (χ1n) is 9.03. The predicted molar refractivity (Wildman–Crippen MR) is 119 cm³/mol. The number of guanidine groups is 1. The Morgan fingerprint density at radius 3 is 2.69 bits per heavy atom. The van der Waals surface area contributed by atoms with Gasteiger partial charge in [0.05, 0.1) is 10.7 Å². The predicted octanol–water partition coefficient (Wildman–Crippen LogP) is 4.05. The molecular formula is C19H28ClIN4O. The van der Waals surface area contributed by atoms with Crippen molar-refractivity contribution in [2.45, 2.75) is 39.0 Å². The summed E-state index contributed by atoms with van der Waals surface area (Å²) in [7, 11) is 1.81. The van der Waals surface area contributed by atoms with Gasteiger partial charge in [-0.25, -0.2) is 0 Å². The van der Waals surface area contributed by atoms with Crippen molar-refractivity contribution >= 4 is 53.1 Å². The first kappa shape index (κ1) is 21.3. The van der Waals surface area contributed by atoms with Gasteiger partial charge in [-0.05, 0) is 49.3 Å². The van der Waals surface area contributed by atoms with Crippen LogP contribution < -0.4 is 10.6 Å². The molecule has 0 bridgehead atoms. The number of carbonyl (C=O) groups excluding carboxylic acids is 1. The third kappa shape index (κ3) is 5.03. The molecule has 0 atom stereocenters. The van der Waals surface area contributed by atoms with Crippen LogP contribution >= 0.6 is 35.6 Å². The number of halogens is 2. The number of carbonyl (C=O) groups is 1. The van der Waals surface area contributed by atoms with E-state index in [2.05, 4.69) is 20.5 Å². The van der Waals surface area contributed by atoms with E-state index >= 15 is 0 Å². The SMILES string of the molecule is CN=C(NCCC(=O)Nc1ccc(C)cc1Cl)N1CCC2(CCC2)C1.I. The number of aryl methyl sites for hydroxylation is 1. The first-order chi connectivity index (χ1) is 12.0. The van der Waals surface area contributed by atoms with Crippen molar-refractivity contribution in [1.29, 1.82) is 0 Å². The molecule has 2 N–H and O–H groups in total. The van der Waals surface area contributed by atoms with Crippen LogP contribution in [0.5, 0.6) is 0 Å². The average molecular weight is 491 g/mol. The summed E-state index contributed by atoms with van der Waals surface area (Å²) >= 11 is 6.16. The van der Waals surface area contributed by atoms with Gasteiger partial charge in [-0.1, -0.05) is 24.1 Å². The second-order valence-corrected chi connectivity index (χ2v) is 7.69. The fourth-order valence-corrected chi connectivity index (χ4v) is 4.04. The number of nitrogens with one attached hydrogen (secondary N) is 2. The highest BCUT2D eigenvalue weighted by Gasteiger charge is 2.43. The largest absolute Gasteiger partial charge is 0.356 e. The highest BCUT2D eigenvalue weighted by atomic mass is 127. The zero-order valence-electron chi connectivity index (χ0n) is 15.5. The lowest BCUT2D eigenvalue weighted by atomic mass is 9.68. The van der Waals surface area contributed by atoms with E-state index in [1.54, 1.807) is 7.05 Å². The van der Waals surface area contributed by atoms with E-state index in [4.69, 9.17) is 11.6 Å². The Hall–Kier alpha value is -1.02. The van der Waals surface area contributed by atoms with E-state index in [1.807, 2.05) is 25.1 Å². The van der Waals surface area contributed by atoms with E-state index in [0.717, 1.165) is 24.6 Å². The summed E-state index contributed by atoms with van der Waals surface area (Å²) in [6, 6.07) is 5.62. The van der Waals surface area contributed by atoms with Crippen molar-refractivity contribution in [3.8, 4) is 0 Å². The Labute approximate surface area is 178 Å². The van der Waals surface area contributed by atoms with Gasteiger partial charge in [0.15, 0.2) is 5.96 Å². The highest BCUT2D eigenvalue weighted by molar-refractivity contribution is 14.0. The molecule has 144 valence electrons. The van der Waals surface area contributed by atoms with E-state index in [-0.39, 0.29) is 29.9 Å². The van der Waals surface area contributed by atoms with Crippen molar-refractivity contribution < 1.29 is 4.79 Å². The number of likely N-dealkylation sites (tertiary alicyclic amines) is 1. The molecule has 7 heteroatoms. The molecule has 0 aromatic heterocycles. The maximum Gasteiger partial charge on any atom is 0.226 e. The van der Waals surface area contributed by atoms with Gasteiger partial charge in [0, 0.05) is 33.1 Å². The van der Waals surface area contributed by atoms with E-state index in [0.29, 0.717) is 29.1 Å². The van der Waals surface area contributed by atoms with Gasteiger partial charge in [0.2, 0.25) is 5.91 Å². The Kier molecular flexibility index (Phi) is 7.58. The Morgan fingerprint density at radius 1 is 1.35 bits per heavy atom. The van der Waals surface area contributed by atoms with Crippen LogP contribution in [-0.2, 0) is 4.79 Å². The zero-order chi connectivity index (χ0) is 17.9. The van der Waals surface area contributed by atoms with Crippen LogP contribution in [0.1, 0.15) is 37.7 Å². The molecule has 1 aliphatic heterocycles. The molecule has 1 saturated carbocycles. The van der Waals surface area contributed by atoms with E-state index in [1.165, 1.54) is 25.7 Å². The Morgan fingerprint density at radius 2 is 2.12 bits per heavy atom. The molecule has 1 saturated heterocycles. The molecule has 1 aromatic rings. The van der Waals surface area contributed by atoms with Crippen LogP contribution in [0.3, 0.4) is 0 Å². The average Bonchev–Trinajstić information content (AvgIpc) is 3.00. The molecule has 2 aliphatic rings. The second kappa shape index (κ2) is 9.26. The summed E-state index contributed by atoms with van der Waals surface area (Å²) < 4.78 is 0. The van der Waals surface area contributed by atoms with Crippen LogP contribution in [0.25, 0.3) is 0 Å². The number of benzene rings is 1. The summed E-state index contributed by atoms with van der Waals surface area (Å²) in [6.07, 6.45) is 5.70. The van der Waals surface area contributed by atoms with Gasteiger partial charge in [-0.2, -0.15) is 0 Å². The van der Waals surface area contributed by atoms with Gasteiger partial charge in [-0.15, -0.1) is 24.0 Å². The van der Waals surface area contributed by atoms with Gasteiger partial charge < -0.3 is 15.5 Å². The van der Waals surface area contributed by atoms with Gasteiger partial charge in [-0.3, -0.25) is 9.79 Å². The van der Waals surface area contributed by atoms with Gasteiger partial charge in [0.1, 0.15) is 0 Å². The number of hydrogen-bond donors (Lipinski definition) is 2. The molecule has 1 spiro atoms. The van der Waals surface area contributed by atoms with Gasteiger partial charge in [0.25, 0.3) is 0 Å². The molecule has 1 heterocycles. The number of anilines is 1. The molecule has 1 aromatic carbocycles. The maximum atomic E-state index is 12.1. The number of nitrogens with zero attached hydrogens (tertiary/aromatic N) is 2. The van der Waals surface area contributed by atoms with E-state index < -0.39 is 0 Å². The van der Waals surface area contributed by atoms with Crippen LogP contribution in [0, 0.1) is 12.3 Å². The summed E-state index contributed by atoms with van der Waals surface area (Å²) in [5, 5.41) is 6.75. The maximum absolute atomic E-state index is 12.1. The Balaban J connectivity index is 0.00000243. The third-order valence-corrected chi connectivity index (χ3v) is 5.71. The summed E-state index contributed by atoms with van der Waals surface area (Å²) in [5.41, 5.74) is 2.27. The molecular weight excluding hydrogens is 463 g/mol. The standard InChI is InChI=1S/C19H27ClN4O.HI/c1-14-4-5-16(15(20)12-14)23-17(25)6-10-22-18(21-2)24-11-9-19(13-24)7-3-8-19;/h4-5,12H,3,6-11,13H2,1-2H3,(H,21,22)(H,23,25);1H. The molecule has 26 heavy (non-hydrogen) atoms. The van der Waals surface area contributed by atoms with Crippen molar-refractivity contribution in [2.24, 2.45) is 10.4 Å². The number of rotatable bonds is 4. The molecule has 0 unspecified atom stereocenters. The van der Waals surface area contributed by atoms with Crippen LogP contribution in [0.4, 0.5) is 5.69 Å². The quantitative estimate of drug-likeness (QED) is 0.380. The topological polar surface area (TPSA) is 56.7 Å². The molecule has 1 aliphatic carbocycles. The normalized spacial score (nSPS) is 18.3. The fraction of sp³-hybridized carbons (Fsp3) is 0.579. The third-order valence-electron chi connectivity index (χ3n) is 5.40. The highest BCUT2D eigenvalue weighted by Crippen LogP contribution is 2.47. The molecule has 0 radical (unpaired) electrons. The number of amides is 1. The Bertz CT molecular complexity index is 676. The monoisotopic (exact) mass is 490 g/mol. The van der Waals surface area contributed by atoms with Gasteiger partial charge >= 0.3 is 0 Å². The summed E-state index contributed by atoms with van der Waals surface area (Å²) in [6.45, 7) is 4.69. The summed E-state index contributed by atoms with van der Waals surface area (Å²) in [4.78, 5) is 18.8. The van der Waals surface area contributed by atoms with Crippen LogP contribution in [0.15, 0.2) is 23.2 Å². The second-order valence-electron chi connectivity index (χ2n) is 7.28. The molecule has 1 amide bonds. The lowest BCUT2D eigenvalue weighted by Gasteiger charge is -2.38. The first-order valence-corrected chi connectivity index (χ1v) is 9.41. The van der Waals surface area contributed by atoms with E-state index in [9.17, 15) is 4.79 Å². The molecule has 5 nitrogen and oxygen atoms in total. The smallest absolute Gasteiger partial charge is 0.226 e. The zero-order valence-corrected chi connectivity index (χ0v) is 18.6. The number of aliphatic imine (C=N–C) groups is 1. The summed E-state index contributed by atoms with van der Waals surface area (Å²) in [5.74, 6) is 0.857. The molecule has 2 fully saturated rings. The van der Waals surface area contributed by atoms with Crippen molar-refractivity contribution in [2.75, 3.05) is 32.0 Å². The molecule has 3 rings (SSSR count). The van der Waals surface area contributed by atoms with Crippen LogP contribution in [0.2, 0.25) is 5.02 Å². The van der Waals surface area contributed by atoms with Crippen molar-refractivity contribution in [3.05, 3.63) is 28.8 Å². The fourth-order valence-electron chi connectivity index (χ4n) is 3.76. The van der Waals surface area contributed by atoms with Crippen LogP contribution in [-0.4, -0.2) is 43.4 Å². The lowest BCUT2D eigenvalue weighted by molar-refractivity contribution is -0.116. The minimum absolute atomic E-state index is 0. The lowest BCUT2D eigenvalue weighted by Crippen LogP contribution is -2.43.